The molecule has 0 heterocycles. The Labute approximate surface area is 110 Å². The van der Waals surface area contributed by atoms with Gasteiger partial charge in [0.1, 0.15) is 0 Å². The largest absolute Gasteiger partial charge is 0.0723 e. The monoisotopic (exact) mass is 236 g/mol. The van der Waals surface area contributed by atoms with E-state index in [0.29, 0.717) is 0 Å². The number of rotatable bonds is 3. The zero-order valence-electron chi connectivity index (χ0n) is 11.4. The summed E-state index contributed by atoms with van der Waals surface area (Å²) in [5, 5.41) is 0. The van der Waals surface area contributed by atoms with Crippen LogP contribution >= 0.6 is 0 Å². The molecule has 0 radical (unpaired) electrons. The Kier molecular flexibility index (Phi) is 3.99. The minimum Gasteiger partial charge on any atom is -0.0723 e. The molecule has 0 N–H and O–H groups in total. The highest BCUT2D eigenvalue weighted by molar-refractivity contribution is 5.70. The van der Waals surface area contributed by atoms with Crippen LogP contribution in [0.4, 0.5) is 0 Å². The number of hydrogen-bond acceptors (Lipinski definition) is 0. The van der Waals surface area contributed by atoms with Crippen LogP contribution in [0.3, 0.4) is 0 Å². The second kappa shape index (κ2) is 5.68. The van der Waals surface area contributed by atoms with Crippen molar-refractivity contribution in [3.63, 3.8) is 0 Å². The van der Waals surface area contributed by atoms with Crippen LogP contribution in [0.2, 0.25) is 0 Å². The summed E-state index contributed by atoms with van der Waals surface area (Å²) in [6, 6.07) is 19.5. The molecule has 0 aliphatic heterocycles. The fourth-order valence-electron chi connectivity index (χ4n) is 2.12. The van der Waals surface area contributed by atoms with Crippen molar-refractivity contribution in [3.05, 3.63) is 76.9 Å². The predicted molar refractivity (Wildman–Crippen MR) is 79.6 cm³/mol. The van der Waals surface area contributed by atoms with E-state index in [-0.39, 0.29) is 0 Å². The van der Waals surface area contributed by atoms with E-state index in [9.17, 15) is 0 Å². The summed E-state index contributed by atoms with van der Waals surface area (Å²) in [4.78, 5) is 0. The van der Waals surface area contributed by atoms with E-state index in [4.69, 9.17) is 0 Å². The van der Waals surface area contributed by atoms with Gasteiger partial charge in [-0.25, -0.2) is 0 Å². The van der Waals surface area contributed by atoms with Gasteiger partial charge < -0.3 is 0 Å². The lowest BCUT2D eigenvalue weighted by molar-refractivity contribution is 1.23. The van der Waals surface area contributed by atoms with Crippen molar-refractivity contribution >= 4 is 5.57 Å². The van der Waals surface area contributed by atoms with Crippen LogP contribution in [-0.4, -0.2) is 0 Å². The van der Waals surface area contributed by atoms with Crippen molar-refractivity contribution in [1.29, 1.82) is 0 Å². The van der Waals surface area contributed by atoms with Crippen LogP contribution in [0.1, 0.15) is 30.5 Å². The highest BCUT2D eigenvalue weighted by atomic mass is 14.1. The molecule has 0 fully saturated rings. The molecule has 0 aromatic heterocycles. The molecule has 18 heavy (non-hydrogen) atoms. The summed E-state index contributed by atoms with van der Waals surface area (Å²) in [6.07, 6.45) is 1.01. The van der Waals surface area contributed by atoms with Crippen LogP contribution in [0.25, 0.3) is 5.57 Å². The molecular weight excluding hydrogens is 216 g/mol. The van der Waals surface area contributed by atoms with Gasteiger partial charge in [-0.3, -0.25) is 0 Å². The van der Waals surface area contributed by atoms with E-state index in [2.05, 4.69) is 75.4 Å². The minimum atomic E-state index is 1.01. The van der Waals surface area contributed by atoms with Gasteiger partial charge in [-0.15, -0.1) is 0 Å². The Hall–Kier alpha value is -1.82. The minimum absolute atomic E-state index is 1.01. The molecule has 0 spiro atoms. The van der Waals surface area contributed by atoms with Crippen LogP contribution in [0, 0.1) is 6.92 Å². The van der Waals surface area contributed by atoms with Crippen molar-refractivity contribution in [3.8, 4) is 0 Å². The van der Waals surface area contributed by atoms with Crippen LogP contribution in [0.15, 0.2) is 60.2 Å². The molecule has 2 aromatic rings. The first-order valence-corrected chi connectivity index (χ1v) is 6.44. The maximum Gasteiger partial charge on any atom is -0.00205 e. The Morgan fingerprint density at radius 2 is 1.44 bits per heavy atom. The van der Waals surface area contributed by atoms with E-state index < -0.39 is 0 Å². The second-order valence-corrected chi connectivity index (χ2v) is 5.01. The second-order valence-electron chi connectivity index (χ2n) is 5.01. The Balaban J connectivity index is 2.31. The fourth-order valence-corrected chi connectivity index (χ4v) is 2.12. The van der Waals surface area contributed by atoms with E-state index in [1.165, 1.54) is 27.8 Å². The van der Waals surface area contributed by atoms with Crippen LogP contribution < -0.4 is 0 Å². The average molecular weight is 236 g/mol. The lowest BCUT2D eigenvalue weighted by Gasteiger charge is -2.11. The van der Waals surface area contributed by atoms with Gasteiger partial charge in [-0.1, -0.05) is 65.7 Å². The van der Waals surface area contributed by atoms with Crippen molar-refractivity contribution in [2.75, 3.05) is 0 Å². The summed E-state index contributed by atoms with van der Waals surface area (Å²) < 4.78 is 0. The topological polar surface area (TPSA) is 0 Å². The van der Waals surface area contributed by atoms with Crippen LogP contribution in [0.5, 0.6) is 0 Å². The first kappa shape index (κ1) is 12.6. The van der Waals surface area contributed by atoms with E-state index in [0.717, 1.165) is 6.42 Å². The van der Waals surface area contributed by atoms with Gasteiger partial charge in [-0.2, -0.15) is 0 Å². The molecule has 0 amide bonds. The molecule has 2 aromatic carbocycles. The molecule has 0 aliphatic rings. The molecule has 2 rings (SSSR count). The summed E-state index contributed by atoms with van der Waals surface area (Å²) >= 11 is 0. The van der Waals surface area contributed by atoms with Gasteiger partial charge in [0.25, 0.3) is 0 Å². The number of hydrogen-bond donors (Lipinski definition) is 0. The third kappa shape index (κ3) is 3.10. The summed E-state index contributed by atoms with van der Waals surface area (Å²) in [5.74, 6) is 0. The Morgan fingerprint density at radius 3 is 2.00 bits per heavy atom. The third-order valence-corrected chi connectivity index (χ3v) is 3.23. The van der Waals surface area contributed by atoms with E-state index in [1.807, 2.05) is 0 Å². The van der Waals surface area contributed by atoms with E-state index >= 15 is 0 Å². The molecular formula is C18H20. The highest BCUT2D eigenvalue weighted by Gasteiger charge is 2.04. The molecule has 0 unspecified atom stereocenters. The quantitative estimate of drug-likeness (QED) is 0.701. The Bertz CT molecular complexity index is 526. The molecule has 92 valence electrons. The lowest BCUT2D eigenvalue weighted by atomic mass is 9.94. The van der Waals surface area contributed by atoms with Crippen molar-refractivity contribution < 1.29 is 0 Å². The first-order chi connectivity index (χ1) is 8.66. The summed E-state index contributed by atoms with van der Waals surface area (Å²) in [7, 11) is 0. The fraction of sp³-hybridized carbons (Fsp3) is 0.222. The van der Waals surface area contributed by atoms with E-state index in [1.54, 1.807) is 0 Å². The van der Waals surface area contributed by atoms with Gasteiger partial charge in [0, 0.05) is 0 Å². The van der Waals surface area contributed by atoms with Crippen molar-refractivity contribution in [2.45, 2.75) is 27.2 Å². The smallest absolute Gasteiger partial charge is 0.00205 e. The molecule has 0 bridgehead atoms. The number of benzene rings is 2. The van der Waals surface area contributed by atoms with Gasteiger partial charge in [0.05, 0.1) is 0 Å². The lowest BCUT2D eigenvalue weighted by Crippen LogP contribution is -1.93. The molecule has 0 saturated carbocycles. The average Bonchev–Trinajstić information content (AvgIpc) is 2.38. The molecule has 0 atom stereocenters. The molecule has 0 saturated heterocycles. The molecule has 0 heteroatoms. The maximum absolute atomic E-state index is 2.22. The Morgan fingerprint density at radius 1 is 0.833 bits per heavy atom. The number of allylic oxidation sites excluding steroid dienone is 2. The van der Waals surface area contributed by atoms with Gasteiger partial charge in [0.15, 0.2) is 0 Å². The molecule has 0 nitrogen and oxygen atoms in total. The van der Waals surface area contributed by atoms with Crippen molar-refractivity contribution in [2.24, 2.45) is 0 Å². The highest BCUT2D eigenvalue weighted by Crippen LogP contribution is 2.23. The van der Waals surface area contributed by atoms with Gasteiger partial charge in [-0.05, 0) is 43.9 Å². The van der Waals surface area contributed by atoms with Gasteiger partial charge in [0.2, 0.25) is 0 Å². The van der Waals surface area contributed by atoms with Crippen molar-refractivity contribution in [1.82, 2.24) is 0 Å². The molecule has 0 aliphatic carbocycles. The van der Waals surface area contributed by atoms with Gasteiger partial charge >= 0.3 is 0 Å². The zero-order valence-corrected chi connectivity index (χ0v) is 11.4. The predicted octanol–water partition coefficient (Wildman–Crippen LogP) is 5.03. The summed E-state index contributed by atoms with van der Waals surface area (Å²) in [6.45, 7) is 6.51. The first-order valence-electron chi connectivity index (χ1n) is 6.44. The summed E-state index contributed by atoms with van der Waals surface area (Å²) in [5.41, 5.74) is 6.84. The maximum atomic E-state index is 2.22. The van der Waals surface area contributed by atoms with Crippen LogP contribution in [-0.2, 0) is 6.42 Å². The number of aryl methyl sites for hydroxylation is 1. The zero-order chi connectivity index (χ0) is 13.0. The standard InChI is InChI=1S/C18H20/c1-14(2)18(13-16-7-5-4-6-8-16)17-11-9-15(3)10-12-17/h4-12H,13H2,1-3H3. The SMILES string of the molecule is CC(C)=C(Cc1ccccc1)c1ccc(C)cc1. The third-order valence-electron chi connectivity index (χ3n) is 3.23. The normalized spacial score (nSPS) is 10.2.